The number of ether oxygens (including phenoxy) is 2. The average Bonchev–Trinajstić information content (AvgIpc) is 2.84. The predicted octanol–water partition coefficient (Wildman–Crippen LogP) is 0.441. The molecule has 0 atom stereocenters. The number of aromatic nitrogens is 3. The maximum absolute atomic E-state index is 5.35. The van der Waals surface area contributed by atoms with Crippen LogP contribution < -0.4 is 5.32 Å². The molecule has 1 aliphatic rings. The summed E-state index contributed by atoms with van der Waals surface area (Å²) >= 11 is 0. The topological polar surface area (TPSA) is 61.2 Å². The summed E-state index contributed by atoms with van der Waals surface area (Å²) in [6.07, 6.45) is 4.07. The minimum absolute atomic E-state index is 0.676. The van der Waals surface area contributed by atoms with Crippen molar-refractivity contribution in [3.63, 3.8) is 0 Å². The highest BCUT2D eigenvalue weighted by Crippen LogP contribution is 2.16. The Morgan fingerprint density at radius 3 is 3.11 bits per heavy atom. The fourth-order valence-corrected chi connectivity index (χ4v) is 2.07. The van der Waals surface area contributed by atoms with Gasteiger partial charge < -0.3 is 14.8 Å². The van der Waals surface area contributed by atoms with Gasteiger partial charge in [-0.1, -0.05) is 0 Å². The maximum Gasteiger partial charge on any atom is 0.164 e. The molecule has 2 rings (SSSR count). The van der Waals surface area contributed by atoms with Crippen molar-refractivity contribution in [3.8, 4) is 0 Å². The number of rotatable bonds is 7. The lowest BCUT2D eigenvalue weighted by atomic mass is 10.0. The van der Waals surface area contributed by atoms with Gasteiger partial charge in [-0.25, -0.2) is 4.98 Å². The zero-order valence-electron chi connectivity index (χ0n) is 11.0. The van der Waals surface area contributed by atoms with E-state index in [0.29, 0.717) is 19.1 Å². The van der Waals surface area contributed by atoms with Crippen LogP contribution in [0.25, 0.3) is 0 Å². The summed E-state index contributed by atoms with van der Waals surface area (Å²) < 4.78 is 12.3. The van der Waals surface area contributed by atoms with Crippen LogP contribution in [0.5, 0.6) is 0 Å². The third kappa shape index (κ3) is 4.36. The van der Waals surface area contributed by atoms with Crippen LogP contribution in [0.4, 0.5) is 0 Å². The van der Waals surface area contributed by atoms with E-state index in [0.717, 1.165) is 45.0 Å². The first kappa shape index (κ1) is 13.5. The monoisotopic (exact) mass is 254 g/mol. The second kappa shape index (κ2) is 7.45. The van der Waals surface area contributed by atoms with Crippen LogP contribution >= 0.6 is 0 Å². The summed E-state index contributed by atoms with van der Waals surface area (Å²) in [6, 6.07) is 0. The number of nitrogens with zero attached hydrogens (tertiary/aromatic N) is 3. The van der Waals surface area contributed by atoms with Gasteiger partial charge in [0.25, 0.3) is 0 Å². The highest BCUT2D eigenvalue weighted by molar-refractivity contribution is 4.81. The van der Waals surface area contributed by atoms with Gasteiger partial charge >= 0.3 is 0 Å². The van der Waals surface area contributed by atoms with Crippen molar-refractivity contribution in [3.05, 3.63) is 12.2 Å². The van der Waals surface area contributed by atoms with Crippen LogP contribution in [0.1, 0.15) is 18.7 Å². The molecule has 0 amide bonds. The van der Waals surface area contributed by atoms with Crippen LogP contribution in [-0.2, 0) is 22.6 Å². The number of methoxy groups -OCH3 is 1. The van der Waals surface area contributed by atoms with E-state index in [1.807, 2.05) is 11.0 Å². The van der Waals surface area contributed by atoms with Gasteiger partial charge in [-0.05, 0) is 18.8 Å². The zero-order chi connectivity index (χ0) is 12.6. The van der Waals surface area contributed by atoms with E-state index in [2.05, 4.69) is 15.4 Å². The predicted molar refractivity (Wildman–Crippen MR) is 67.1 cm³/mol. The van der Waals surface area contributed by atoms with Crippen molar-refractivity contribution >= 4 is 0 Å². The van der Waals surface area contributed by atoms with Gasteiger partial charge in [-0.2, -0.15) is 5.10 Å². The van der Waals surface area contributed by atoms with Crippen molar-refractivity contribution in [2.24, 2.45) is 5.92 Å². The van der Waals surface area contributed by atoms with E-state index in [1.165, 1.54) is 0 Å². The quantitative estimate of drug-likeness (QED) is 0.715. The minimum Gasteiger partial charge on any atom is -0.383 e. The molecule has 2 heterocycles. The summed E-state index contributed by atoms with van der Waals surface area (Å²) in [4.78, 5) is 4.30. The summed E-state index contributed by atoms with van der Waals surface area (Å²) in [7, 11) is 1.70. The standard InChI is InChI=1S/C12H22N4O2/c1-17-7-4-13-8-12-14-10-16(15-12)9-11-2-5-18-6-3-11/h10-11,13H,2-9H2,1H3. The number of hydrogen-bond donors (Lipinski definition) is 1. The Bertz CT molecular complexity index is 337. The van der Waals surface area contributed by atoms with Gasteiger partial charge in [-0.3, -0.25) is 4.68 Å². The Kier molecular flexibility index (Phi) is 5.57. The third-order valence-electron chi connectivity index (χ3n) is 3.14. The molecule has 102 valence electrons. The van der Waals surface area contributed by atoms with Crippen LogP contribution in [0.2, 0.25) is 0 Å². The van der Waals surface area contributed by atoms with E-state index in [1.54, 1.807) is 7.11 Å². The van der Waals surface area contributed by atoms with Crippen molar-refractivity contribution in [2.45, 2.75) is 25.9 Å². The highest BCUT2D eigenvalue weighted by Gasteiger charge is 2.14. The lowest BCUT2D eigenvalue weighted by Gasteiger charge is -2.21. The number of nitrogens with one attached hydrogen (secondary N) is 1. The van der Waals surface area contributed by atoms with E-state index >= 15 is 0 Å². The molecule has 1 N–H and O–H groups in total. The van der Waals surface area contributed by atoms with Crippen molar-refractivity contribution in [2.75, 3.05) is 33.5 Å². The lowest BCUT2D eigenvalue weighted by molar-refractivity contribution is 0.0601. The molecule has 1 aliphatic heterocycles. The molecular weight excluding hydrogens is 232 g/mol. The minimum atomic E-state index is 0.676. The van der Waals surface area contributed by atoms with Gasteiger partial charge in [0, 0.05) is 33.4 Å². The Morgan fingerprint density at radius 1 is 1.50 bits per heavy atom. The van der Waals surface area contributed by atoms with E-state index < -0.39 is 0 Å². The second-order valence-electron chi connectivity index (χ2n) is 4.61. The number of hydrogen-bond acceptors (Lipinski definition) is 5. The van der Waals surface area contributed by atoms with Crippen LogP contribution in [0.3, 0.4) is 0 Å². The molecule has 1 aromatic rings. The molecule has 0 aromatic carbocycles. The fourth-order valence-electron chi connectivity index (χ4n) is 2.07. The van der Waals surface area contributed by atoms with Gasteiger partial charge in [0.05, 0.1) is 13.2 Å². The molecule has 0 saturated carbocycles. The highest BCUT2D eigenvalue weighted by atomic mass is 16.5. The molecule has 1 saturated heterocycles. The average molecular weight is 254 g/mol. The SMILES string of the molecule is COCCNCc1ncn(CC2CCOCC2)n1. The van der Waals surface area contributed by atoms with E-state index in [4.69, 9.17) is 9.47 Å². The van der Waals surface area contributed by atoms with Crippen molar-refractivity contribution < 1.29 is 9.47 Å². The molecule has 6 nitrogen and oxygen atoms in total. The van der Waals surface area contributed by atoms with E-state index in [-0.39, 0.29) is 0 Å². The zero-order valence-corrected chi connectivity index (χ0v) is 11.0. The molecule has 1 fully saturated rings. The molecule has 0 radical (unpaired) electrons. The van der Waals surface area contributed by atoms with Crippen LogP contribution in [-0.4, -0.2) is 48.2 Å². The van der Waals surface area contributed by atoms with E-state index in [9.17, 15) is 0 Å². The molecular formula is C12H22N4O2. The summed E-state index contributed by atoms with van der Waals surface area (Å²) in [5.74, 6) is 1.52. The first-order valence-corrected chi connectivity index (χ1v) is 6.54. The van der Waals surface area contributed by atoms with Gasteiger partial charge in [0.2, 0.25) is 0 Å². The Morgan fingerprint density at radius 2 is 2.33 bits per heavy atom. The second-order valence-corrected chi connectivity index (χ2v) is 4.61. The normalized spacial score (nSPS) is 17.2. The Balaban J connectivity index is 1.71. The molecule has 0 aliphatic carbocycles. The van der Waals surface area contributed by atoms with Crippen LogP contribution in [0, 0.1) is 5.92 Å². The molecule has 18 heavy (non-hydrogen) atoms. The Labute approximate surface area is 108 Å². The first-order chi connectivity index (χ1) is 8.88. The fraction of sp³-hybridized carbons (Fsp3) is 0.833. The van der Waals surface area contributed by atoms with Crippen molar-refractivity contribution in [1.29, 1.82) is 0 Å². The Hall–Kier alpha value is -0.980. The van der Waals surface area contributed by atoms with Gasteiger partial charge in [0.15, 0.2) is 5.82 Å². The molecule has 0 spiro atoms. The maximum atomic E-state index is 5.35. The van der Waals surface area contributed by atoms with Crippen molar-refractivity contribution in [1.82, 2.24) is 20.1 Å². The third-order valence-corrected chi connectivity index (χ3v) is 3.14. The summed E-state index contributed by atoms with van der Waals surface area (Å²) in [5, 5.41) is 7.70. The van der Waals surface area contributed by atoms with Gasteiger partial charge in [0.1, 0.15) is 6.33 Å². The largest absolute Gasteiger partial charge is 0.383 e. The summed E-state index contributed by atoms with van der Waals surface area (Å²) in [6.45, 7) is 4.95. The van der Waals surface area contributed by atoms with Gasteiger partial charge in [-0.15, -0.1) is 0 Å². The molecule has 0 bridgehead atoms. The lowest BCUT2D eigenvalue weighted by Crippen LogP contribution is -2.21. The van der Waals surface area contributed by atoms with Crippen LogP contribution in [0.15, 0.2) is 6.33 Å². The first-order valence-electron chi connectivity index (χ1n) is 6.54. The smallest absolute Gasteiger partial charge is 0.164 e. The summed E-state index contributed by atoms with van der Waals surface area (Å²) in [5.41, 5.74) is 0. The molecule has 0 unspecified atom stereocenters. The molecule has 6 heteroatoms. The molecule has 1 aromatic heterocycles.